The molecule has 34 heavy (non-hydrogen) atoms. The van der Waals surface area contributed by atoms with Crippen LogP contribution in [0.3, 0.4) is 0 Å². The molecule has 0 bridgehead atoms. The first-order chi connectivity index (χ1) is 16.6. The van der Waals surface area contributed by atoms with Gasteiger partial charge in [0.05, 0.1) is 7.11 Å². The van der Waals surface area contributed by atoms with Crippen LogP contribution in [0.15, 0.2) is 77.2 Å². The van der Waals surface area contributed by atoms with E-state index < -0.39 is 0 Å². The van der Waals surface area contributed by atoms with Crippen molar-refractivity contribution in [2.24, 2.45) is 5.92 Å². The molecular formula is C31H33NO2. The monoisotopic (exact) mass is 451 g/mol. The molecule has 1 aromatic heterocycles. The van der Waals surface area contributed by atoms with E-state index in [1.54, 1.807) is 7.11 Å². The Kier molecular flexibility index (Phi) is 6.53. The molecule has 0 saturated heterocycles. The highest BCUT2D eigenvalue weighted by atomic mass is 16.5. The summed E-state index contributed by atoms with van der Waals surface area (Å²) < 4.78 is 12.1. The summed E-state index contributed by atoms with van der Waals surface area (Å²) in [7, 11) is 1.73. The molecule has 4 aromatic rings. The molecule has 1 aliphatic carbocycles. The molecule has 0 N–H and O–H groups in total. The normalized spacial score (nSPS) is 18.1. The number of aryl methyl sites for hydroxylation is 2. The number of rotatable bonds is 6. The van der Waals surface area contributed by atoms with E-state index >= 15 is 0 Å². The summed E-state index contributed by atoms with van der Waals surface area (Å²) in [6, 6.07) is 25.6. The van der Waals surface area contributed by atoms with Crippen LogP contribution >= 0.6 is 0 Å². The van der Waals surface area contributed by atoms with Crippen molar-refractivity contribution < 1.29 is 9.15 Å². The highest BCUT2D eigenvalue weighted by Crippen LogP contribution is 2.43. The molecule has 0 radical (unpaired) electrons. The van der Waals surface area contributed by atoms with Crippen LogP contribution in [0.4, 0.5) is 0 Å². The van der Waals surface area contributed by atoms with E-state index in [0.29, 0.717) is 11.8 Å². The molecule has 3 heteroatoms. The third-order valence-corrected chi connectivity index (χ3v) is 7.14. The molecule has 2 unspecified atom stereocenters. The number of hydrogen-bond acceptors (Lipinski definition) is 3. The van der Waals surface area contributed by atoms with Crippen molar-refractivity contribution in [3.63, 3.8) is 0 Å². The van der Waals surface area contributed by atoms with Crippen LogP contribution in [-0.2, 0) is 6.42 Å². The van der Waals surface area contributed by atoms with Crippen molar-refractivity contribution in [2.75, 3.05) is 7.11 Å². The quantitative estimate of drug-likeness (QED) is 0.297. The average molecular weight is 452 g/mol. The van der Waals surface area contributed by atoms with Crippen molar-refractivity contribution in [2.45, 2.75) is 51.9 Å². The fourth-order valence-corrected chi connectivity index (χ4v) is 5.18. The van der Waals surface area contributed by atoms with Gasteiger partial charge in [-0.25, -0.2) is 4.98 Å². The molecule has 3 aromatic carbocycles. The Morgan fingerprint density at radius 1 is 0.853 bits per heavy atom. The molecule has 1 fully saturated rings. The van der Waals surface area contributed by atoms with Gasteiger partial charge in [-0.3, -0.25) is 0 Å². The molecule has 1 aliphatic rings. The van der Waals surface area contributed by atoms with E-state index in [9.17, 15) is 0 Å². The SMILES string of the molecule is COc1cccc(CC2CCCCC2c2nc(-c3ccc(C)cc3)c(-c3ccc(C)cc3)o2)c1. The van der Waals surface area contributed by atoms with E-state index in [0.717, 1.165) is 47.1 Å². The molecule has 3 nitrogen and oxygen atoms in total. The lowest BCUT2D eigenvalue weighted by Gasteiger charge is -2.29. The van der Waals surface area contributed by atoms with Gasteiger partial charge in [0.2, 0.25) is 0 Å². The first-order valence-electron chi connectivity index (χ1n) is 12.4. The van der Waals surface area contributed by atoms with Crippen molar-refractivity contribution in [1.82, 2.24) is 4.98 Å². The summed E-state index contributed by atoms with van der Waals surface area (Å²) >= 11 is 0. The van der Waals surface area contributed by atoms with Gasteiger partial charge in [0.25, 0.3) is 0 Å². The largest absolute Gasteiger partial charge is 0.497 e. The molecule has 1 saturated carbocycles. The lowest BCUT2D eigenvalue weighted by atomic mass is 9.76. The second kappa shape index (κ2) is 9.89. The van der Waals surface area contributed by atoms with Crippen molar-refractivity contribution in [3.8, 4) is 28.3 Å². The topological polar surface area (TPSA) is 35.3 Å². The van der Waals surface area contributed by atoms with Gasteiger partial charge in [-0.05, 0) is 56.7 Å². The third kappa shape index (κ3) is 4.79. The lowest BCUT2D eigenvalue weighted by molar-refractivity contribution is 0.265. The minimum atomic E-state index is 0.323. The number of oxazole rings is 1. The molecule has 1 heterocycles. The van der Waals surface area contributed by atoms with Gasteiger partial charge in [0.1, 0.15) is 11.4 Å². The maximum absolute atomic E-state index is 6.64. The van der Waals surface area contributed by atoms with Gasteiger partial charge in [-0.1, -0.05) is 84.6 Å². The van der Waals surface area contributed by atoms with Gasteiger partial charge >= 0.3 is 0 Å². The van der Waals surface area contributed by atoms with Crippen LogP contribution in [0.1, 0.15) is 54.2 Å². The van der Waals surface area contributed by atoms with Crippen molar-refractivity contribution >= 4 is 0 Å². The van der Waals surface area contributed by atoms with Crippen LogP contribution < -0.4 is 4.74 Å². The number of benzene rings is 3. The summed E-state index contributed by atoms with van der Waals surface area (Å²) in [5, 5.41) is 0. The van der Waals surface area contributed by atoms with Crippen LogP contribution in [0.5, 0.6) is 5.75 Å². The zero-order chi connectivity index (χ0) is 23.5. The summed E-state index contributed by atoms with van der Waals surface area (Å²) in [4.78, 5) is 5.17. The Balaban J connectivity index is 1.52. The molecule has 174 valence electrons. The van der Waals surface area contributed by atoms with Gasteiger partial charge in [-0.2, -0.15) is 0 Å². The number of ether oxygens (including phenoxy) is 1. The maximum atomic E-state index is 6.64. The highest BCUT2D eigenvalue weighted by molar-refractivity contribution is 5.77. The van der Waals surface area contributed by atoms with E-state index in [2.05, 4.69) is 80.6 Å². The van der Waals surface area contributed by atoms with Gasteiger partial charge in [0, 0.05) is 17.0 Å². The fraction of sp³-hybridized carbons (Fsp3) is 0.323. The summed E-state index contributed by atoms with van der Waals surface area (Å²) in [5.41, 5.74) is 6.95. The van der Waals surface area contributed by atoms with Crippen LogP contribution in [0.2, 0.25) is 0 Å². The highest BCUT2D eigenvalue weighted by Gasteiger charge is 2.32. The first kappa shape index (κ1) is 22.5. The van der Waals surface area contributed by atoms with Crippen LogP contribution in [0.25, 0.3) is 22.6 Å². The summed E-state index contributed by atoms with van der Waals surface area (Å²) in [6.07, 6.45) is 5.83. The maximum Gasteiger partial charge on any atom is 0.198 e. The van der Waals surface area contributed by atoms with Crippen LogP contribution in [-0.4, -0.2) is 12.1 Å². The first-order valence-corrected chi connectivity index (χ1v) is 12.4. The van der Waals surface area contributed by atoms with E-state index in [4.69, 9.17) is 14.1 Å². The van der Waals surface area contributed by atoms with Gasteiger partial charge in [0.15, 0.2) is 11.7 Å². The van der Waals surface area contributed by atoms with Crippen molar-refractivity contribution in [1.29, 1.82) is 0 Å². The van der Waals surface area contributed by atoms with Crippen molar-refractivity contribution in [3.05, 3.63) is 95.4 Å². The molecule has 0 amide bonds. The Morgan fingerprint density at radius 2 is 1.53 bits per heavy atom. The second-order valence-corrected chi connectivity index (χ2v) is 9.67. The Bertz CT molecular complexity index is 1170. The number of methoxy groups -OCH3 is 1. The number of hydrogen-bond donors (Lipinski definition) is 0. The standard InChI is InChI=1S/C31H33NO2/c1-21-11-15-24(16-12-21)29-30(25-17-13-22(2)14-18-25)34-31(32-29)28-10-5-4-8-26(28)19-23-7-6-9-27(20-23)33-3/h6-7,9,11-18,20,26,28H,4-5,8,10,19H2,1-3H3. The second-order valence-electron chi connectivity index (χ2n) is 9.67. The van der Waals surface area contributed by atoms with Crippen LogP contribution in [0, 0.1) is 19.8 Å². The zero-order valence-electron chi connectivity index (χ0n) is 20.4. The molecule has 5 rings (SSSR count). The minimum absolute atomic E-state index is 0.323. The Labute approximate surface area is 202 Å². The molecule has 0 spiro atoms. The average Bonchev–Trinajstić information content (AvgIpc) is 3.30. The van der Waals surface area contributed by atoms with Gasteiger partial charge in [-0.15, -0.1) is 0 Å². The Hall–Kier alpha value is -3.33. The predicted octanol–water partition coefficient (Wildman–Crippen LogP) is 8.15. The third-order valence-electron chi connectivity index (χ3n) is 7.14. The summed E-state index contributed by atoms with van der Waals surface area (Å²) in [5.74, 6) is 3.52. The fourth-order valence-electron chi connectivity index (χ4n) is 5.18. The summed E-state index contributed by atoms with van der Waals surface area (Å²) in [6.45, 7) is 4.23. The predicted molar refractivity (Wildman–Crippen MR) is 138 cm³/mol. The van der Waals surface area contributed by atoms with Gasteiger partial charge < -0.3 is 9.15 Å². The zero-order valence-corrected chi connectivity index (χ0v) is 20.4. The lowest BCUT2D eigenvalue weighted by Crippen LogP contribution is -2.20. The number of aromatic nitrogens is 1. The smallest absolute Gasteiger partial charge is 0.198 e. The van der Waals surface area contributed by atoms with E-state index in [1.165, 1.54) is 36.0 Å². The molecule has 0 aliphatic heterocycles. The minimum Gasteiger partial charge on any atom is -0.497 e. The molecular weight excluding hydrogens is 418 g/mol. The van der Waals surface area contributed by atoms with E-state index in [1.807, 2.05) is 6.07 Å². The van der Waals surface area contributed by atoms with E-state index in [-0.39, 0.29) is 0 Å². The Morgan fingerprint density at radius 3 is 2.24 bits per heavy atom. The number of nitrogens with zero attached hydrogens (tertiary/aromatic N) is 1. The molecule has 2 atom stereocenters.